The first-order valence-electron chi connectivity index (χ1n) is 11.2. The van der Waals surface area contributed by atoms with E-state index in [2.05, 4.69) is 5.32 Å². The quantitative estimate of drug-likeness (QED) is 0.397. The van der Waals surface area contributed by atoms with Gasteiger partial charge >= 0.3 is 0 Å². The molecule has 7 nitrogen and oxygen atoms in total. The van der Waals surface area contributed by atoms with Crippen molar-refractivity contribution in [3.63, 3.8) is 0 Å². The van der Waals surface area contributed by atoms with Crippen LogP contribution in [0.15, 0.2) is 70.4 Å². The molecule has 1 fully saturated rings. The van der Waals surface area contributed by atoms with Gasteiger partial charge in [0.2, 0.25) is 5.91 Å². The molecule has 4 rings (SSSR count). The zero-order valence-corrected chi connectivity index (χ0v) is 21.5. The molecule has 1 atom stereocenters. The van der Waals surface area contributed by atoms with Gasteiger partial charge in [0.05, 0.1) is 16.3 Å². The summed E-state index contributed by atoms with van der Waals surface area (Å²) in [5.41, 5.74) is 2.00. The number of hydrogen-bond acceptors (Lipinski definition) is 5. The Balaban J connectivity index is 1.65. The highest BCUT2D eigenvalue weighted by molar-refractivity contribution is 8.26. The third-order valence-corrected chi connectivity index (χ3v) is 7.23. The summed E-state index contributed by atoms with van der Waals surface area (Å²) in [5.74, 6) is -1.01. The van der Waals surface area contributed by atoms with Crippen molar-refractivity contribution in [3.05, 3.63) is 87.2 Å². The monoisotopic (exact) mass is 506 g/mol. The number of amides is 2. The molecule has 2 aromatic carbocycles. The molecule has 2 amide bonds. The van der Waals surface area contributed by atoms with Crippen molar-refractivity contribution in [1.82, 2.24) is 14.3 Å². The van der Waals surface area contributed by atoms with Crippen molar-refractivity contribution in [2.75, 3.05) is 5.32 Å². The van der Waals surface area contributed by atoms with Crippen LogP contribution in [0.1, 0.15) is 25.1 Å². The molecular formula is C26H26N4O3S2. The van der Waals surface area contributed by atoms with Gasteiger partial charge in [-0.3, -0.25) is 24.0 Å². The molecule has 0 spiro atoms. The van der Waals surface area contributed by atoms with Gasteiger partial charge in [-0.15, -0.1) is 0 Å². The predicted octanol–water partition coefficient (Wildman–Crippen LogP) is 4.35. The number of rotatable bonds is 6. The van der Waals surface area contributed by atoms with E-state index in [1.165, 1.54) is 21.3 Å². The molecule has 1 N–H and O–H groups in total. The normalized spacial score (nSPS) is 15.8. The predicted molar refractivity (Wildman–Crippen MR) is 144 cm³/mol. The minimum absolute atomic E-state index is 0.178. The van der Waals surface area contributed by atoms with Gasteiger partial charge in [0.25, 0.3) is 11.5 Å². The second-order valence-electron chi connectivity index (χ2n) is 8.58. The van der Waals surface area contributed by atoms with Crippen LogP contribution in [0.5, 0.6) is 0 Å². The molecule has 0 aliphatic carbocycles. The van der Waals surface area contributed by atoms with E-state index in [0.29, 0.717) is 20.6 Å². The Hall–Kier alpha value is -3.43. The molecule has 2 heterocycles. The van der Waals surface area contributed by atoms with Crippen LogP contribution in [0.3, 0.4) is 0 Å². The lowest BCUT2D eigenvalue weighted by Gasteiger charge is -2.28. The largest absolute Gasteiger partial charge is 0.318 e. The van der Waals surface area contributed by atoms with Crippen molar-refractivity contribution in [3.8, 4) is 5.69 Å². The van der Waals surface area contributed by atoms with E-state index in [-0.39, 0.29) is 23.1 Å². The number of anilines is 1. The SMILES string of the molecule is Cc1c(NC(=O)C(C(C)C)N2C(=O)C(=Cc3ccccc3)SC2=S)c(=O)n(-c2ccccc2)n1C. The summed E-state index contributed by atoms with van der Waals surface area (Å²) in [6.07, 6.45) is 1.77. The summed E-state index contributed by atoms with van der Waals surface area (Å²) < 4.78 is 3.51. The van der Waals surface area contributed by atoms with E-state index >= 15 is 0 Å². The Morgan fingerprint density at radius 1 is 1.03 bits per heavy atom. The number of thioether (sulfide) groups is 1. The number of carbonyl (C=O) groups is 2. The summed E-state index contributed by atoms with van der Waals surface area (Å²) in [6, 6.07) is 17.8. The van der Waals surface area contributed by atoms with E-state index in [1.54, 1.807) is 24.7 Å². The fraction of sp³-hybridized carbons (Fsp3) is 0.231. The number of carbonyl (C=O) groups excluding carboxylic acids is 2. The van der Waals surface area contributed by atoms with Gasteiger partial charge in [-0.05, 0) is 36.6 Å². The van der Waals surface area contributed by atoms with Gasteiger partial charge in [-0.2, -0.15) is 0 Å². The molecule has 9 heteroatoms. The lowest BCUT2D eigenvalue weighted by Crippen LogP contribution is -2.49. The fourth-order valence-corrected chi connectivity index (χ4v) is 5.38. The number of benzene rings is 2. The number of thiocarbonyl (C=S) groups is 1. The number of nitrogens with zero attached hydrogens (tertiary/aromatic N) is 3. The highest BCUT2D eigenvalue weighted by atomic mass is 32.2. The zero-order chi connectivity index (χ0) is 25.3. The topological polar surface area (TPSA) is 76.3 Å². The van der Waals surface area contributed by atoms with Gasteiger partial charge in [0.1, 0.15) is 16.0 Å². The van der Waals surface area contributed by atoms with Crippen molar-refractivity contribution < 1.29 is 9.59 Å². The fourth-order valence-electron chi connectivity index (χ4n) is 4.05. The zero-order valence-electron chi connectivity index (χ0n) is 19.9. The molecule has 3 aromatic rings. The van der Waals surface area contributed by atoms with E-state index in [1.807, 2.05) is 74.5 Å². The summed E-state index contributed by atoms with van der Waals surface area (Å²) in [4.78, 5) is 41.9. The van der Waals surface area contributed by atoms with E-state index < -0.39 is 11.9 Å². The number of hydrogen-bond donors (Lipinski definition) is 1. The molecule has 1 aliphatic rings. The lowest BCUT2D eigenvalue weighted by molar-refractivity contribution is -0.131. The Bertz CT molecular complexity index is 1370. The van der Waals surface area contributed by atoms with Crippen LogP contribution in [-0.2, 0) is 16.6 Å². The first kappa shape index (κ1) is 24.7. The van der Waals surface area contributed by atoms with E-state index in [9.17, 15) is 14.4 Å². The van der Waals surface area contributed by atoms with Crippen molar-refractivity contribution >= 4 is 51.9 Å². The Labute approximate surface area is 213 Å². The minimum Gasteiger partial charge on any atom is -0.318 e. The first-order chi connectivity index (χ1) is 16.7. The number of nitrogens with one attached hydrogen (secondary N) is 1. The highest BCUT2D eigenvalue weighted by Gasteiger charge is 2.42. The van der Waals surface area contributed by atoms with Crippen molar-refractivity contribution in [1.29, 1.82) is 0 Å². The maximum atomic E-state index is 13.5. The molecule has 1 aliphatic heterocycles. The van der Waals surface area contributed by atoms with Crippen LogP contribution in [0.2, 0.25) is 0 Å². The molecular weight excluding hydrogens is 480 g/mol. The van der Waals surface area contributed by atoms with Gasteiger partial charge in [0.15, 0.2) is 0 Å². The summed E-state index contributed by atoms with van der Waals surface area (Å²) in [5, 5.41) is 2.80. The molecule has 0 saturated carbocycles. The van der Waals surface area contributed by atoms with Crippen LogP contribution >= 0.6 is 24.0 Å². The lowest BCUT2D eigenvalue weighted by atomic mass is 10.0. The first-order valence-corrected chi connectivity index (χ1v) is 12.4. The van der Waals surface area contributed by atoms with Gasteiger partial charge in [-0.1, -0.05) is 86.4 Å². The van der Waals surface area contributed by atoms with Crippen LogP contribution in [0.4, 0.5) is 5.69 Å². The molecule has 35 heavy (non-hydrogen) atoms. The van der Waals surface area contributed by atoms with Crippen molar-refractivity contribution in [2.45, 2.75) is 26.8 Å². The Kier molecular flexibility index (Phi) is 7.09. The molecule has 0 bridgehead atoms. The smallest absolute Gasteiger partial charge is 0.295 e. The van der Waals surface area contributed by atoms with Crippen LogP contribution in [0.25, 0.3) is 11.8 Å². The molecule has 1 aromatic heterocycles. The number of para-hydroxylation sites is 1. The summed E-state index contributed by atoms with van der Waals surface area (Å²) in [7, 11) is 1.76. The van der Waals surface area contributed by atoms with Crippen LogP contribution in [-0.4, -0.2) is 36.4 Å². The molecule has 1 saturated heterocycles. The standard InChI is InChI=1S/C26H26N4O3S2/c1-16(2)22(29-24(32)20(35-26(29)34)15-18-11-7-5-8-12-18)23(31)27-21-17(3)28(4)30(25(21)33)19-13-9-6-10-14-19/h5-16,22H,1-4H3,(H,27,31). The van der Waals surface area contributed by atoms with E-state index in [4.69, 9.17) is 12.2 Å². The van der Waals surface area contributed by atoms with Crippen LogP contribution in [0, 0.1) is 12.8 Å². The molecule has 0 radical (unpaired) electrons. The Morgan fingerprint density at radius 3 is 2.23 bits per heavy atom. The van der Waals surface area contributed by atoms with Crippen molar-refractivity contribution in [2.24, 2.45) is 13.0 Å². The third-order valence-electron chi connectivity index (χ3n) is 5.90. The summed E-state index contributed by atoms with van der Waals surface area (Å²) in [6.45, 7) is 5.47. The second-order valence-corrected chi connectivity index (χ2v) is 10.3. The maximum absolute atomic E-state index is 13.5. The van der Waals surface area contributed by atoms with Gasteiger partial charge in [-0.25, -0.2) is 4.68 Å². The van der Waals surface area contributed by atoms with Gasteiger partial charge < -0.3 is 5.32 Å². The van der Waals surface area contributed by atoms with E-state index in [0.717, 1.165) is 5.56 Å². The minimum atomic E-state index is -0.867. The molecule has 180 valence electrons. The van der Waals surface area contributed by atoms with Gasteiger partial charge in [0, 0.05) is 7.05 Å². The molecule has 1 unspecified atom stereocenters. The second kappa shape index (κ2) is 10.1. The third kappa shape index (κ3) is 4.74. The summed E-state index contributed by atoms with van der Waals surface area (Å²) >= 11 is 6.68. The number of aromatic nitrogens is 2. The Morgan fingerprint density at radius 2 is 1.63 bits per heavy atom. The maximum Gasteiger partial charge on any atom is 0.295 e. The average molecular weight is 507 g/mol. The average Bonchev–Trinajstić information content (AvgIpc) is 3.22. The van der Waals surface area contributed by atoms with Crippen LogP contribution < -0.4 is 10.9 Å². The highest BCUT2D eigenvalue weighted by Crippen LogP contribution is 2.35.